The normalized spacial score (nSPS) is 11.9. The Hall–Kier alpha value is -2.00. The highest BCUT2D eigenvalue weighted by Gasteiger charge is 2.13. The molecule has 0 aliphatic carbocycles. The summed E-state index contributed by atoms with van der Waals surface area (Å²) < 4.78 is 10.8. The molecule has 0 fully saturated rings. The zero-order chi connectivity index (χ0) is 14.7. The second-order valence-electron chi connectivity index (χ2n) is 4.46. The molecular weight excluding hydrogens is 276 g/mol. The van der Waals surface area contributed by atoms with Gasteiger partial charge in [-0.3, -0.25) is 0 Å². The van der Waals surface area contributed by atoms with Gasteiger partial charge < -0.3 is 9.47 Å². The quantitative estimate of drug-likeness (QED) is 0.477. The topological polar surface area (TPSA) is 35.5 Å². The van der Waals surface area contributed by atoms with Crippen LogP contribution in [0.5, 0.6) is 5.75 Å². The summed E-state index contributed by atoms with van der Waals surface area (Å²) in [5, 5.41) is 2.42. The highest BCUT2D eigenvalue weighted by molar-refractivity contribution is 6.35. The first-order valence-corrected chi connectivity index (χ1v) is 6.57. The average Bonchev–Trinajstić information content (AvgIpc) is 2.42. The Kier molecular flexibility index (Phi) is 4.30. The van der Waals surface area contributed by atoms with E-state index in [1.165, 1.54) is 0 Å². The van der Waals surface area contributed by atoms with E-state index in [-0.39, 0.29) is 0 Å². The lowest BCUT2D eigenvalue weighted by molar-refractivity contribution is -0.156. The maximum absolute atomic E-state index is 11.4. The number of esters is 1. The monoisotopic (exact) mass is 290 g/mol. The molecular formula is C16H15ClO3. The van der Waals surface area contributed by atoms with Gasteiger partial charge in [-0.05, 0) is 19.1 Å². The highest BCUT2D eigenvalue weighted by atomic mass is 35.5. The Morgan fingerprint density at radius 3 is 2.50 bits per heavy atom. The van der Waals surface area contributed by atoms with Gasteiger partial charge in [0, 0.05) is 28.3 Å². The smallest absolute Gasteiger partial charge is 0.336 e. The maximum atomic E-state index is 11.4. The second kappa shape index (κ2) is 5.97. The first kappa shape index (κ1) is 14.4. The second-order valence-corrected chi connectivity index (χ2v) is 4.87. The fraction of sp³-hybridized carbons (Fsp3) is 0.188. The van der Waals surface area contributed by atoms with Gasteiger partial charge in [0.25, 0.3) is 0 Å². The van der Waals surface area contributed by atoms with Crippen LogP contribution in [0.4, 0.5) is 0 Å². The molecule has 20 heavy (non-hydrogen) atoms. The molecule has 0 amide bonds. The van der Waals surface area contributed by atoms with Crippen molar-refractivity contribution in [3.05, 3.63) is 53.6 Å². The van der Waals surface area contributed by atoms with Crippen molar-refractivity contribution in [3.63, 3.8) is 0 Å². The van der Waals surface area contributed by atoms with E-state index in [4.69, 9.17) is 21.1 Å². The molecule has 0 spiro atoms. The molecule has 0 bridgehead atoms. The van der Waals surface area contributed by atoms with Gasteiger partial charge >= 0.3 is 5.97 Å². The summed E-state index contributed by atoms with van der Waals surface area (Å²) in [5.41, 5.74) is 0.335. The minimum Gasteiger partial charge on any atom is -0.454 e. The van der Waals surface area contributed by atoms with Crippen molar-refractivity contribution < 1.29 is 14.3 Å². The molecule has 0 N–H and O–H groups in total. The number of hydrogen-bond donors (Lipinski definition) is 0. The lowest BCUT2D eigenvalue weighted by Gasteiger charge is -2.17. The molecule has 3 nitrogen and oxygen atoms in total. The highest BCUT2D eigenvalue weighted by Crippen LogP contribution is 2.31. The Morgan fingerprint density at radius 2 is 1.85 bits per heavy atom. The van der Waals surface area contributed by atoms with Crippen LogP contribution in [0.15, 0.2) is 48.6 Å². The van der Waals surface area contributed by atoms with Gasteiger partial charge in [-0.2, -0.15) is 0 Å². The van der Waals surface area contributed by atoms with Gasteiger partial charge in [-0.25, -0.2) is 4.79 Å². The predicted molar refractivity (Wildman–Crippen MR) is 80.0 cm³/mol. The minimum atomic E-state index is -0.705. The summed E-state index contributed by atoms with van der Waals surface area (Å²) in [6, 6.07) is 11.1. The van der Waals surface area contributed by atoms with E-state index in [1.807, 2.05) is 24.3 Å². The molecule has 0 aliphatic heterocycles. The van der Waals surface area contributed by atoms with Crippen molar-refractivity contribution in [2.45, 2.75) is 20.1 Å². The lowest BCUT2D eigenvalue weighted by Crippen LogP contribution is -2.21. The van der Waals surface area contributed by atoms with E-state index in [1.54, 1.807) is 26.0 Å². The average molecular weight is 291 g/mol. The van der Waals surface area contributed by atoms with Gasteiger partial charge in [0.1, 0.15) is 5.75 Å². The number of fused-ring (bicyclic) bond motifs is 1. The van der Waals surface area contributed by atoms with E-state index in [0.29, 0.717) is 16.3 Å². The van der Waals surface area contributed by atoms with Crippen molar-refractivity contribution in [2.75, 3.05) is 0 Å². The van der Waals surface area contributed by atoms with Crippen molar-refractivity contribution in [2.24, 2.45) is 0 Å². The molecule has 2 rings (SSSR count). The fourth-order valence-corrected chi connectivity index (χ4v) is 2.02. The van der Waals surface area contributed by atoms with Gasteiger partial charge in [0.2, 0.25) is 6.29 Å². The van der Waals surface area contributed by atoms with Crippen LogP contribution in [0.25, 0.3) is 10.8 Å². The van der Waals surface area contributed by atoms with Crippen molar-refractivity contribution in [3.8, 4) is 5.75 Å². The molecule has 2 aromatic carbocycles. The summed E-state index contributed by atoms with van der Waals surface area (Å²) in [7, 11) is 0. The summed E-state index contributed by atoms with van der Waals surface area (Å²) in [6.45, 7) is 6.78. The molecule has 0 saturated heterocycles. The molecule has 0 aromatic heterocycles. The van der Waals surface area contributed by atoms with Gasteiger partial charge in [0.05, 0.1) is 0 Å². The fourth-order valence-electron chi connectivity index (χ4n) is 1.79. The van der Waals surface area contributed by atoms with Gasteiger partial charge in [-0.1, -0.05) is 42.4 Å². The number of halogens is 1. The van der Waals surface area contributed by atoms with Crippen LogP contribution in [-0.4, -0.2) is 12.3 Å². The van der Waals surface area contributed by atoms with E-state index < -0.39 is 12.3 Å². The summed E-state index contributed by atoms with van der Waals surface area (Å²) in [6.07, 6.45) is -0.705. The molecule has 1 atom stereocenters. The van der Waals surface area contributed by atoms with Crippen molar-refractivity contribution in [1.82, 2.24) is 0 Å². The zero-order valence-electron chi connectivity index (χ0n) is 11.4. The van der Waals surface area contributed by atoms with Gasteiger partial charge in [-0.15, -0.1) is 0 Å². The molecule has 0 saturated carbocycles. The number of benzene rings is 2. The van der Waals surface area contributed by atoms with E-state index >= 15 is 0 Å². The van der Waals surface area contributed by atoms with E-state index in [0.717, 1.165) is 10.8 Å². The predicted octanol–water partition coefficient (Wildman–Crippen LogP) is 4.34. The molecule has 104 valence electrons. The number of ether oxygens (including phenoxy) is 2. The first-order chi connectivity index (χ1) is 9.49. The standard InChI is InChI=1S/C16H15ClO3/c1-10(2)16(18)20-11(3)19-15-9-8-14(17)12-6-4-5-7-13(12)15/h4-9,11H,1H2,2-3H3. The third-order valence-corrected chi connectivity index (χ3v) is 3.07. The Bertz CT molecular complexity index is 664. The molecule has 4 heteroatoms. The van der Waals surface area contributed by atoms with Crippen LogP contribution in [-0.2, 0) is 9.53 Å². The molecule has 0 heterocycles. The Balaban J connectivity index is 2.24. The van der Waals surface area contributed by atoms with Crippen molar-refractivity contribution in [1.29, 1.82) is 0 Å². The SMILES string of the molecule is C=C(C)C(=O)OC(C)Oc1ccc(Cl)c2ccccc12. The number of carbonyl (C=O) groups is 1. The number of hydrogen-bond acceptors (Lipinski definition) is 3. The van der Waals surface area contributed by atoms with Crippen LogP contribution in [0.2, 0.25) is 5.02 Å². The van der Waals surface area contributed by atoms with Crippen molar-refractivity contribution >= 4 is 28.3 Å². The van der Waals surface area contributed by atoms with E-state index in [9.17, 15) is 4.79 Å². The summed E-state index contributed by atoms with van der Waals surface area (Å²) in [5.74, 6) is 0.141. The molecule has 1 unspecified atom stereocenters. The minimum absolute atomic E-state index is 0.335. The summed E-state index contributed by atoms with van der Waals surface area (Å²) in [4.78, 5) is 11.4. The maximum Gasteiger partial charge on any atom is 0.336 e. The third-order valence-electron chi connectivity index (χ3n) is 2.75. The number of rotatable bonds is 4. The molecule has 0 aliphatic rings. The van der Waals surface area contributed by atoms with Crippen LogP contribution in [0.1, 0.15) is 13.8 Å². The third kappa shape index (κ3) is 3.11. The Morgan fingerprint density at radius 1 is 1.20 bits per heavy atom. The van der Waals surface area contributed by atoms with Crippen LogP contribution in [0.3, 0.4) is 0 Å². The molecule has 0 radical (unpaired) electrons. The van der Waals surface area contributed by atoms with Crippen LogP contribution in [0, 0.1) is 0 Å². The largest absolute Gasteiger partial charge is 0.454 e. The van der Waals surface area contributed by atoms with E-state index in [2.05, 4.69) is 6.58 Å². The first-order valence-electron chi connectivity index (χ1n) is 6.19. The molecule has 2 aromatic rings. The zero-order valence-corrected chi connectivity index (χ0v) is 12.1. The Labute approximate surface area is 122 Å². The summed E-state index contributed by atoms with van der Waals surface area (Å²) >= 11 is 6.14. The lowest BCUT2D eigenvalue weighted by atomic mass is 10.1. The van der Waals surface area contributed by atoms with Crippen LogP contribution < -0.4 is 4.74 Å². The van der Waals surface area contributed by atoms with Crippen LogP contribution >= 0.6 is 11.6 Å². The van der Waals surface area contributed by atoms with Gasteiger partial charge in [0.15, 0.2) is 0 Å². The number of carbonyl (C=O) groups excluding carboxylic acids is 1.